The maximum Gasteiger partial charge on any atom is 0.414 e. The van der Waals surface area contributed by atoms with Gasteiger partial charge in [0.1, 0.15) is 12.4 Å². The molecule has 0 aliphatic carbocycles. The number of hydrogen-bond acceptors (Lipinski definition) is 4. The van der Waals surface area contributed by atoms with Gasteiger partial charge in [-0.3, -0.25) is 9.69 Å². The van der Waals surface area contributed by atoms with Crippen LogP contribution in [0.5, 0.6) is 5.75 Å². The minimum atomic E-state index is -0.393. The van der Waals surface area contributed by atoms with Gasteiger partial charge in [0.25, 0.3) is 0 Å². The van der Waals surface area contributed by atoms with Crippen molar-refractivity contribution < 1.29 is 19.4 Å². The molecule has 0 bridgehead atoms. The molecule has 0 atom stereocenters. The molecule has 3 rings (SSSR count). The van der Waals surface area contributed by atoms with E-state index in [1.165, 1.54) is 11.0 Å². The third kappa shape index (κ3) is 3.55. The Morgan fingerprint density at radius 3 is 2.56 bits per heavy atom. The molecule has 128 valence electrons. The molecule has 1 N–H and O–H groups in total. The Morgan fingerprint density at radius 1 is 1.20 bits per heavy atom. The van der Waals surface area contributed by atoms with E-state index in [2.05, 4.69) is 0 Å². The van der Waals surface area contributed by atoms with Crippen LogP contribution in [-0.2, 0) is 4.74 Å². The SMILES string of the molecule is Cc1cc(/C=C/C(=O)c2cccc(N3CCOC3=O)c2)cc(C)c1O. The molecule has 0 aromatic heterocycles. The minimum absolute atomic E-state index is 0.155. The van der Waals surface area contributed by atoms with Crippen LogP contribution in [0.15, 0.2) is 42.5 Å². The first-order valence-electron chi connectivity index (χ1n) is 8.02. The zero-order valence-corrected chi connectivity index (χ0v) is 14.2. The molecule has 2 aromatic carbocycles. The van der Waals surface area contributed by atoms with Crippen LogP contribution in [0.2, 0.25) is 0 Å². The van der Waals surface area contributed by atoms with Gasteiger partial charge in [-0.1, -0.05) is 18.2 Å². The highest BCUT2D eigenvalue weighted by molar-refractivity contribution is 6.07. The number of hydrogen-bond donors (Lipinski definition) is 1. The standard InChI is InChI=1S/C20H19NO4/c1-13-10-15(11-14(2)19(13)23)6-7-18(22)16-4-3-5-17(12-16)21-8-9-25-20(21)24/h3-7,10-12,23H,8-9H2,1-2H3/b7-6+. The van der Waals surface area contributed by atoms with Gasteiger partial charge in [-0.05, 0) is 60.9 Å². The molecule has 1 heterocycles. The molecule has 5 heteroatoms. The number of aryl methyl sites for hydroxylation is 2. The van der Waals surface area contributed by atoms with Crippen LogP contribution in [0, 0.1) is 13.8 Å². The molecular weight excluding hydrogens is 318 g/mol. The number of ketones is 1. The fraction of sp³-hybridized carbons (Fsp3) is 0.200. The van der Waals surface area contributed by atoms with Crippen molar-refractivity contribution in [1.29, 1.82) is 0 Å². The van der Waals surface area contributed by atoms with E-state index < -0.39 is 6.09 Å². The number of phenols is 1. The number of amides is 1. The van der Waals surface area contributed by atoms with Crippen molar-refractivity contribution in [2.45, 2.75) is 13.8 Å². The summed E-state index contributed by atoms with van der Waals surface area (Å²) in [5.74, 6) is 0.117. The number of nitrogens with zero attached hydrogens (tertiary/aromatic N) is 1. The summed E-state index contributed by atoms with van der Waals surface area (Å²) in [7, 11) is 0. The monoisotopic (exact) mass is 337 g/mol. The van der Waals surface area contributed by atoms with E-state index in [1.807, 2.05) is 26.0 Å². The van der Waals surface area contributed by atoms with Crippen molar-refractivity contribution in [1.82, 2.24) is 0 Å². The molecule has 0 spiro atoms. The third-order valence-electron chi connectivity index (χ3n) is 4.14. The molecule has 0 unspecified atom stereocenters. The molecule has 1 fully saturated rings. The van der Waals surface area contributed by atoms with Crippen molar-refractivity contribution in [2.75, 3.05) is 18.1 Å². The van der Waals surface area contributed by atoms with Gasteiger partial charge >= 0.3 is 6.09 Å². The summed E-state index contributed by atoms with van der Waals surface area (Å²) in [6.45, 7) is 4.48. The fourth-order valence-electron chi connectivity index (χ4n) is 2.81. The van der Waals surface area contributed by atoms with Gasteiger partial charge in [0.2, 0.25) is 0 Å². The number of carbonyl (C=O) groups is 2. The number of cyclic esters (lactones) is 1. The highest BCUT2D eigenvalue weighted by Crippen LogP contribution is 2.24. The summed E-state index contributed by atoms with van der Waals surface area (Å²) in [5.41, 5.74) is 3.53. The topological polar surface area (TPSA) is 66.8 Å². The van der Waals surface area contributed by atoms with E-state index in [1.54, 1.807) is 30.3 Å². The van der Waals surface area contributed by atoms with Crippen molar-refractivity contribution in [2.24, 2.45) is 0 Å². The van der Waals surface area contributed by atoms with Gasteiger partial charge < -0.3 is 9.84 Å². The van der Waals surface area contributed by atoms with Gasteiger partial charge in [-0.2, -0.15) is 0 Å². The van der Waals surface area contributed by atoms with Gasteiger partial charge in [0, 0.05) is 11.3 Å². The van der Waals surface area contributed by atoms with Crippen molar-refractivity contribution in [3.05, 3.63) is 64.7 Å². The lowest BCUT2D eigenvalue weighted by molar-refractivity contribution is 0.104. The van der Waals surface area contributed by atoms with Gasteiger partial charge in [-0.15, -0.1) is 0 Å². The van der Waals surface area contributed by atoms with Gasteiger partial charge in [0.05, 0.1) is 6.54 Å². The third-order valence-corrected chi connectivity index (χ3v) is 4.14. The summed E-state index contributed by atoms with van der Waals surface area (Å²) in [5, 5.41) is 9.81. The summed E-state index contributed by atoms with van der Waals surface area (Å²) in [6.07, 6.45) is 2.82. The Bertz CT molecular complexity index is 847. The van der Waals surface area contributed by atoms with Gasteiger partial charge in [0.15, 0.2) is 5.78 Å². The summed E-state index contributed by atoms with van der Waals surface area (Å²) >= 11 is 0. The van der Waals surface area contributed by atoms with Crippen molar-refractivity contribution in [3.8, 4) is 5.75 Å². The molecule has 5 nitrogen and oxygen atoms in total. The first-order chi connectivity index (χ1) is 12.0. The number of carbonyl (C=O) groups excluding carboxylic acids is 2. The normalized spacial score (nSPS) is 14.2. The van der Waals surface area contributed by atoms with Crippen LogP contribution in [0.4, 0.5) is 10.5 Å². The van der Waals surface area contributed by atoms with E-state index in [4.69, 9.17) is 4.74 Å². The zero-order chi connectivity index (χ0) is 18.0. The van der Waals surface area contributed by atoms with Crippen LogP contribution in [0.1, 0.15) is 27.0 Å². The zero-order valence-electron chi connectivity index (χ0n) is 14.2. The number of ether oxygens (including phenoxy) is 1. The quantitative estimate of drug-likeness (QED) is 0.679. The molecule has 0 saturated carbocycles. The summed E-state index contributed by atoms with van der Waals surface area (Å²) < 4.78 is 4.93. The number of aromatic hydroxyl groups is 1. The number of allylic oxidation sites excluding steroid dienone is 1. The molecule has 2 aromatic rings. The molecule has 1 amide bonds. The molecule has 1 aliphatic rings. The van der Waals surface area contributed by atoms with Crippen molar-refractivity contribution in [3.63, 3.8) is 0 Å². The van der Waals surface area contributed by atoms with E-state index >= 15 is 0 Å². The smallest absolute Gasteiger partial charge is 0.414 e. The Labute approximate surface area is 146 Å². The maximum atomic E-state index is 12.4. The number of rotatable bonds is 4. The van der Waals surface area contributed by atoms with Crippen LogP contribution < -0.4 is 4.90 Å². The highest BCUT2D eigenvalue weighted by atomic mass is 16.6. The predicted octanol–water partition coefficient (Wildman–Crippen LogP) is 3.86. The number of phenolic OH excluding ortho intramolecular Hbond substituents is 1. The fourth-order valence-corrected chi connectivity index (χ4v) is 2.81. The van der Waals surface area contributed by atoms with Crippen molar-refractivity contribution >= 4 is 23.6 Å². The van der Waals surface area contributed by atoms with Crippen LogP contribution in [0.25, 0.3) is 6.08 Å². The Balaban J connectivity index is 1.80. The van der Waals surface area contributed by atoms with Crippen LogP contribution in [-0.4, -0.2) is 30.1 Å². The van der Waals surface area contributed by atoms with E-state index in [0.29, 0.717) is 24.4 Å². The highest BCUT2D eigenvalue weighted by Gasteiger charge is 2.23. The Hall–Kier alpha value is -3.08. The average molecular weight is 337 g/mol. The number of benzene rings is 2. The molecule has 25 heavy (non-hydrogen) atoms. The molecular formula is C20H19NO4. The minimum Gasteiger partial charge on any atom is -0.507 e. The second-order valence-corrected chi connectivity index (χ2v) is 6.02. The summed E-state index contributed by atoms with van der Waals surface area (Å²) in [6, 6.07) is 10.6. The lowest BCUT2D eigenvalue weighted by Crippen LogP contribution is -2.23. The maximum absolute atomic E-state index is 12.4. The number of anilines is 1. The summed E-state index contributed by atoms with van der Waals surface area (Å²) in [4.78, 5) is 25.6. The second kappa shape index (κ2) is 6.81. The Kier molecular flexibility index (Phi) is 4.57. The van der Waals surface area contributed by atoms with E-state index in [-0.39, 0.29) is 11.5 Å². The van der Waals surface area contributed by atoms with Crippen LogP contribution >= 0.6 is 0 Å². The van der Waals surface area contributed by atoms with E-state index in [9.17, 15) is 14.7 Å². The lowest BCUT2D eigenvalue weighted by atomic mass is 10.0. The average Bonchev–Trinajstić information content (AvgIpc) is 3.03. The molecule has 1 saturated heterocycles. The van der Waals surface area contributed by atoms with Crippen LogP contribution in [0.3, 0.4) is 0 Å². The molecule has 1 aliphatic heterocycles. The first kappa shape index (κ1) is 16.8. The predicted molar refractivity (Wildman–Crippen MR) is 96.1 cm³/mol. The lowest BCUT2D eigenvalue weighted by Gasteiger charge is -2.13. The Morgan fingerprint density at radius 2 is 1.92 bits per heavy atom. The second-order valence-electron chi connectivity index (χ2n) is 6.02. The van der Waals surface area contributed by atoms with E-state index in [0.717, 1.165) is 16.7 Å². The largest absolute Gasteiger partial charge is 0.507 e. The first-order valence-corrected chi connectivity index (χ1v) is 8.02. The molecule has 0 radical (unpaired) electrons. The van der Waals surface area contributed by atoms with Gasteiger partial charge in [-0.25, -0.2) is 4.79 Å².